The van der Waals surface area contributed by atoms with E-state index in [1.54, 1.807) is 28.8 Å². The molecule has 1 aromatic carbocycles. The maximum absolute atomic E-state index is 14.6. The molecule has 0 aromatic heterocycles. The molecule has 218 valence electrons. The van der Waals surface area contributed by atoms with Gasteiger partial charge in [0.25, 0.3) is 0 Å². The number of allylic oxidation sites excluding steroid dienone is 1. The smallest absolute Gasteiger partial charge is 0.310 e. The second-order valence-corrected chi connectivity index (χ2v) is 12.9. The number of amides is 2. The SMILES string of the molecule is C=CCCCOC(=O)[C@@H]1[C@@H]2CCC3(S2)C(C(=O)N(CC=C)C(C)CCC)N([C@@H](CO)Cc2ccccc2)C(=O)[C@H]13. The van der Waals surface area contributed by atoms with Gasteiger partial charge in [0.2, 0.25) is 11.8 Å². The van der Waals surface area contributed by atoms with Crippen molar-refractivity contribution in [2.45, 2.75) is 86.9 Å². The summed E-state index contributed by atoms with van der Waals surface area (Å²) in [5, 5.41) is 10.6. The molecule has 0 radical (unpaired) electrons. The standard InChI is InChI=1S/C32H44N2O5S/c1-5-8-12-19-39-31(38)26-25-16-17-32(40-25)27(26)29(36)34(24(21-35)20-23-14-10-9-11-15-23)28(32)30(37)33(18-7-3)22(4)13-6-2/h5,7,9-11,14-15,22,24-28,35H,1,3,6,8,12-13,16-21H2,2,4H3/t22?,24-,25+,26-,27+,28?,32?/m1/s1. The van der Waals surface area contributed by atoms with Crippen LogP contribution in [0, 0.1) is 11.8 Å². The van der Waals surface area contributed by atoms with E-state index in [1.807, 2.05) is 42.2 Å². The number of hydrogen-bond donors (Lipinski definition) is 1. The number of aliphatic hydroxyl groups excluding tert-OH is 1. The number of hydrogen-bond acceptors (Lipinski definition) is 6. The minimum Gasteiger partial charge on any atom is -0.465 e. The number of ether oxygens (including phenoxy) is 1. The Balaban J connectivity index is 1.73. The molecule has 3 aliphatic rings. The van der Waals surface area contributed by atoms with E-state index in [0.29, 0.717) is 25.8 Å². The van der Waals surface area contributed by atoms with E-state index in [4.69, 9.17) is 4.74 Å². The summed E-state index contributed by atoms with van der Waals surface area (Å²) in [4.78, 5) is 46.0. The molecule has 1 spiro atoms. The molecule has 7 nitrogen and oxygen atoms in total. The number of rotatable bonds is 15. The third-order valence-electron chi connectivity index (χ3n) is 8.81. The van der Waals surface area contributed by atoms with Crippen LogP contribution in [0.1, 0.15) is 57.9 Å². The van der Waals surface area contributed by atoms with Gasteiger partial charge in [0.15, 0.2) is 0 Å². The molecule has 3 heterocycles. The molecule has 1 aromatic rings. The normalized spacial score (nSPS) is 28.2. The quantitative estimate of drug-likeness (QED) is 0.192. The fourth-order valence-electron chi connectivity index (χ4n) is 7.02. The summed E-state index contributed by atoms with van der Waals surface area (Å²) in [6.45, 7) is 12.1. The zero-order valence-electron chi connectivity index (χ0n) is 23.9. The average molecular weight is 569 g/mol. The van der Waals surface area contributed by atoms with E-state index < -0.39 is 28.7 Å². The molecule has 1 N–H and O–H groups in total. The lowest BCUT2D eigenvalue weighted by Gasteiger charge is -2.41. The Kier molecular flexibility index (Phi) is 10.2. The van der Waals surface area contributed by atoms with Gasteiger partial charge < -0.3 is 19.6 Å². The second-order valence-electron chi connectivity index (χ2n) is 11.3. The Morgan fingerprint density at radius 3 is 2.67 bits per heavy atom. The first kappa shape index (κ1) is 30.4. The highest BCUT2D eigenvalue weighted by atomic mass is 32.2. The average Bonchev–Trinajstić information content (AvgIpc) is 3.60. The maximum atomic E-state index is 14.6. The number of esters is 1. The monoisotopic (exact) mass is 568 g/mol. The van der Waals surface area contributed by atoms with Gasteiger partial charge in [-0.3, -0.25) is 14.4 Å². The van der Waals surface area contributed by atoms with Crippen molar-refractivity contribution in [2.75, 3.05) is 19.8 Å². The van der Waals surface area contributed by atoms with Crippen LogP contribution in [0.4, 0.5) is 0 Å². The summed E-state index contributed by atoms with van der Waals surface area (Å²) < 4.78 is 4.95. The first-order chi connectivity index (χ1) is 19.3. The van der Waals surface area contributed by atoms with E-state index in [1.165, 1.54) is 0 Å². The predicted molar refractivity (Wildman–Crippen MR) is 159 cm³/mol. The third-order valence-corrected chi connectivity index (χ3v) is 10.8. The number of benzene rings is 1. The van der Waals surface area contributed by atoms with Gasteiger partial charge in [-0.2, -0.15) is 0 Å². The molecular formula is C32H44N2O5S. The van der Waals surface area contributed by atoms with Crippen molar-refractivity contribution in [3.05, 3.63) is 61.2 Å². The van der Waals surface area contributed by atoms with Gasteiger partial charge >= 0.3 is 5.97 Å². The van der Waals surface area contributed by atoms with Crippen LogP contribution in [0.3, 0.4) is 0 Å². The molecule has 3 aliphatic heterocycles. The summed E-state index contributed by atoms with van der Waals surface area (Å²) in [6.07, 6.45) is 8.58. The lowest BCUT2D eigenvalue weighted by molar-refractivity contribution is -0.154. The molecule has 4 rings (SSSR count). The van der Waals surface area contributed by atoms with Gasteiger partial charge in [-0.05, 0) is 51.0 Å². The molecule has 0 saturated carbocycles. The molecule has 3 unspecified atom stereocenters. The number of carbonyl (C=O) groups excluding carboxylic acids is 3. The summed E-state index contributed by atoms with van der Waals surface area (Å²) in [5.74, 6) is -1.91. The highest BCUT2D eigenvalue weighted by Crippen LogP contribution is 2.67. The number of carbonyl (C=O) groups is 3. The Labute approximate surface area is 243 Å². The lowest BCUT2D eigenvalue weighted by Crippen LogP contribution is -2.59. The molecule has 2 amide bonds. The largest absolute Gasteiger partial charge is 0.465 e. The number of likely N-dealkylation sites (tertiary alicyclic amines) is 1. The maximum Gasteiger partial charge on any atom is 0.310 e. The molecule has 7 atom stereocenters. The molecule has 40 heavy (non-hydrogen) atoms. The number of unbranched alkanes of at least 4 members (excludes halogenated alkanes) is 1. The van der Waals surface area contributed by atoms with Crippen LogP contribution in [-0.2, 0) is 25.5 Å². The molecule has 3 fully saturated rings. The van der Waals surface area contributed by atoms with Crippen LogP contribution in [0.25, 0.3) is 0 Å². The Morgan fingerprint density at radius 1 is 1.27 bits per heavy atom. The minimum atomic E-state index is -0.765. The fraction of sp³-hybridized carbons (Fsp3) is 0.594. The fourth-order valence-corrected chi connectivity index (χ4v) is 9.21. The van der Waals surface area contributed by atoms with Crippen molar-refractivity contribution in [3.8, 4) is 0 Å². The first-order valence-corrected chi connectivity index (χ1v) is 15.6. The van der Waals surface area contributed by atoms with E-state index in [0.717, 1.165) is 31.2 Å². The number of nitrogens with zero attached hydrogens (tertiary/aromatic N) is 2. The van der Waals surface area contributed by atoms with Crippen molar-refractivity contribution >= 4 is 29.5 Å². The Morgan fingerprint density at radius 2 is 2.02 bits per heavy atom. The van der Waals surface area contributed by atoms with Crippen LogP contribution in [0.2, 0.25) is 0 Å². The van der Waals surface area contributed by atoms with Gasteiger partial charge in [0, 0.05) is 17.8 Å². The van der Waals surface area contributed by atoms with Crippen LogP contribution in [-0.4, -0.2) is 80.6 Å². The lowest BCUT2D eigenvalue weighted by atomic mass is 9.71. The Hall–Kier alpha value is -2.58. The van der Waals surface area contributed by atoms with Gasteiger partial charge in [-0.15, -0.1) is 24.9 Å². The zero-order chi connectivity index (χ0) is 28.9. The van der Waals surface area contributed by atoms with Crippen molar-refractivity contribution in [1.82, 2.24) is 9.80 Å². The van der Waals surface area contributed by atoms with Crippen molar-refractivity contribution in [1.29, 1.82) is 0 Å². The predicted octanol–water partition coefficient (Wildman–Crippen LogP) is 4.39. The molecule has 2 bridgehead atoms. The summed E-state index contributed by atoms with van der Waals surface area (Å²) in [7, 11) is 0. The van der Waals surface area contributed by atoms with Crippen molar-refractivity contribution in [2.24, 2.45) is 11.8 Å². The summed E-state index contributed by atoms with van der Waals surface area (Å²) in [6, 6.07) is 8.35. The van der Waals surface area contributed by atoms with Crippen LogP contribution in [0.15, 0.2) is 55.6 Å². The first-order valence-electron chi connectivity index (χ1n) is 14.7. The van der Waals surface area contributed by atoms with Gasteiger partial charge in [0.05, 0.1) is 35.8 Å². The highest BCUT2D eigenvalue weighted by molar-refractivity contribution is 8.02. The van der Waals surface area contributed by atoms with Gasteiger partial charge in [-0.1, -0.05) is 55.8 Å². The third kappa shape index (κ3) is 5.62. The van der Waals surface area contributed by atoms with Crippen LogP contribution < -0.4 is 0 Å². The molecule has 3 saturated heterocycles. The van der Waals surface area contributed by atoms with Crippen LogP contribution in [0.5, 0.6) is 0 Å². The van der Waals surface area contributed by atoms with E-state index in [2.05, 4.69) is 20.1 Å². The number of aliphatic hydroxyl groups is 1. The zero-order valence-corrected chi connectivity index (χ0v) is 24.7. The number of thioether (sulfide) groups is 1. The highest BCUT2D eigenvalue weighted by Gasteiger charge is 2.74. The van der Waals surface area contributed by atoms with Crippen molar-refractivity contribution < 1.29 is 24.2 Å². The Bertz CT molecular complexity index is 1080. The van der Waals surface area contributed by atoms with E-state index >= 15 is 0 Å². The molecule has 8 heteroatoms. The number of fused-ring (bicyclic) bond motifs is 1. The van der Waals surface area contributed by atoms with Gasteiger partial charge in [-0.25, -0.2) is 0 Å². The van der Waals surface area contributed by atoms with Crippen LogP contribution >= 0.6 is 11.8 Å². The van der Waals surface area contributed by atoms with Crippen molar-refractivity contribution in [3.63, 3.8) is 0 Å². The summed E-state index contributed by atoms with van der Waals surface area (Å²) in [5.41, 5.74) is 0.979. The minimum absolute atomic E-state index is 0.0289. The molecule has 0 aliphatic carbocycles. The van der Waals surface area contributed by atoms with E-state index in [-0.39, 0.29) is 42.3 Å². The van der Waals surface area contributed by atoms with E-state index in [9.17, 15) is 19.5 Å². The van der Waals surface area contributed by atoms with Gasteiger partial charge in [0.1, 0.15) is 6.04 Å². The molecular weight excluding hydrogens is 524 g/mol. The topological polar surface area (TPSA) is 87.2 Å². The second kappa shape index (κ2) is 13.4. The summed E-state index contributed by atoms with van der Waals surface area (Å²) >= 11 is 1.63.